The smallest absolute Gasteiger partial charge is 0.185 e. The van der Waals surface area contributed by atoms with Crippen molar-refractivity contribution < 1.29 is 44.5 Å². The van der Waals surface area contributed by atoms with E-state index >= 15 is 0 Å². The van der Waals surface area contributed by atoms with E-state index in [1.165, 1.54) is 7.11 Å². The third-order valence-electron chi connectivity index (χ3n) is 2.88. The molecule has 0 aliphatic carbocycles. The van der Waals surface area contributed by atoms with Gasteiger partial charge in [0.1, 0.15) is 12.2 Å². The van der Waals surface area contributed by atoms with Crippen LogP contribution < -0.4 is 0 Å². The van der Waals surface area contributed by atoms with Crippen LogP contribution in [0.2, 0.25) is 0 Å². The molecule has 0 fully saturated rings. The summed E-state index contributed by atoms with van der Waals surface area (Å²) in [7, 11) is 1.28. The number of hydrogen-bond acceptors (Lipinski definition) is 9. The largest absolute Gasteiger partial charge is 0.394 e. The molecule has 0 saturated carbocycles. The zero-order valence-electron chi connectivity index (χ0n) is 13.0. The molecule has 134 valence electrons. The Balaban J connectivity index is 4.35. The predicted octanol–water partition coefficient (Wildman–Crippen LogP) is -2.19. The van der Waals surface area contributed by atoms with Crippen LogP contribution in [0.25, 0.3) is 0 Å². The highest BCUT2D eigenvalue weighted by molar-refractivity contribution is 4.63. The first-order chi connectivity index (χ1) is 10.6. The molecular weight excluding hydrogens is 300 g/mol. The first-order valence-electron chi connectivity index (χ1n) is 7.12. The SMILES string of the molecule is CCC(CO)OC(CO)OCC(CO)OC(OC)C(O)CO. The molecule has 0 aliphatic rings. The van der Waals surface area contributed by atoms with Crippen LogP contribution in [0.4, 0.5) is 0 Å². The maximum Gasteiger partial charge on any atom is 0.185 e. The molecule has 0 saturated heterocycles. The Kier molecular flexibility index (Phi) is 12.9. The normalized spacial score (nSPS) is 18.7. The molecule has 0 aromatic rings. The minimum atomic E-state index is -1.26. The van der Waals surface area contributed by atoms with Crippen molar-refractivity contribution in [3.63, 3.8) is 0 Å². The van der Waals surface area contributed by atoms with Gasteiger partial charge in [0.05, 0.1) is 39.1 Å². The van der Waals surface area contributed by atoms with Crippen molar-refractivity contribution in [3.05, 3.63) is 0 Å². The van der Waals surface area contributed by atoms with E-state index in [4.69, 9.17) is 29.2 Å². The van der Waals surface area contributed by atoms with Gasteiger partial charge >= 0.3 is 0 Å². The van der Waals surface area contributed by atoms with Crippen LogP contribution in [0.5, 0.6) is 0 Å². The van der Waals surface area contributed by atoms with E-state index in [-0.39, 0.29) is 13.2 Å². The van der Waals surface area contributed by atoms with Crippen LogP contribution in [0.1, 0.15) is 13.3 Å². The molecule has 0 heterocycles. The van der Waals surface area contributed by atoms with E-state index in [0.29, 0.717) is 6.42 Å². The lowest BCUT2D eigenvalue weighted by Gasteiger charge is -2.27. The molecule has 22 heavy (non-hydrogen) atoms. The van der Waals surface area contributed by atoms with Crippen molar-refractivity contribution in [1.82, 2.24) is 0 Å². The van der Waals surface area contributed by atoms with Gasteiger partial charge in [0, 0.05) is 7.11 Å². The van der Waals surface area contributed by atoms with E-state index in [9.17, 15) is 15.3 Å². The third-order valence-corrected chi connectivity index (χ3v) is 2.88. The van der Waals surface area contributed by atoms with Gasteiger partial charge in [0.15, 0.2) is 12.6 Å². The Morgan fingerprint density at radius 3 is 1.91 bits per heavy atom. The molecule has 0 rings (SSSR count). The van der Waals surface area contributed by atoms with Crippen molar-refractivity contribution in [2.75, 3.05) is 40.1 Å². The van der Waals surface area contributed by atoms with Gasteiger partial charge in [-0.05, 0) is 6.42 Å². The number of ether oxygens (including phenoxy) is 4. The lowest BCUT2D eigenvalue weighted by molar-refractivity contribution is -0.247. The second kappa shape index (κ2) is 13.1. The average molecular weight is 328 g/mol. The predicted molar refractivity (Wildman–Crippen MR) is 74.9 cm³/mol. The van der Waals surface area contributed by atoms with Gasteiger partial charge in [0.25, 0.3) is 0 Å². The zero-order chi connectivity index (χ0) is 17.0. The van der Waals surface area contributed by atoms with Gasteiger partial charge in [-0.2, -0.15) is 0 Å². The summed E-state index contributed by atoms with van der Waals surface area (Å²) < 4.78 is 20.7. The third kappa shape index (κ3) is 8.32. The second-order valence-corrected chi connectivity index (χ2v) is 4.59. The summed E-state index contributed by atoms with van der Waals surface area (Å²) in [5.41, 5.74) is 0. The van der Waals surface area contributed by atoms with Crippen LogP contribution in [0.3, 0.4) is 0 Å². The monoisotopic (exact) mass is 328 g/mol. The lowest BCUT2D eigenvalue weighted by Crippen LogP contribution is -2.40. The summed E-state index contributed by atoms with van der Waals surface area (Å²) in [4.78, 5) is 0. The van der Waals surface area contributed by atoms with Crippen molar-refractivity contribution in [2.45, 2.75) is 44.2 Å². The van der Waals surface area contributed by atoms with E-state index in [1.54, 1.807) is 0 Å². The summed E-state index contributed by atoms with van der Waals surface area (Å²) in [5, 5.41) is 45.8. The molecule has 0 aliphatic heterocycles. The van der Waals surface area contributed by atoms with Crippen LogP contribution in [0, 0.1) is 0 Å². The fourth-order valence-corrected chi connectivity index (χ4v) is 1.55. The van der Waals surface area contributed by atoms with Crippen LogP contribution >= 0.6 is 0 Å². The molecule has 9 heteroatoms. The number of rotatable bonds is 14. The maximum absolute atomic E-state index is 9.45. The standard InChI is InChI=1S/C13H28O9/c1-3-9(4-14)21-12(7-17)20-8-10(5-15)22-13(19-2)11(18)6-16/h9-18H,3-8H2,1-2H3. The van der Waals surface area contributed by atoms with Gasteiger partial charge < -0.3 is 44.5 Å². The average Bonchev–Trinajstić information content (AvgIpc) is 2.57. The summed E-state index contributed by atoms with van der Waals surface area (Å²) >= 11 is 0. The molecule has 0 amide bonds. The molecule has 0 radical (unpaired) electrons. The Morgan fingerprint density at radius 2 is 1.50 bits per heavy atom. The molecule has 0 aromatic carbocycles. The van der Waals surface area contributed by atoms with Gasteiger partial charge in [0.2, 0.25) is 0 Å². The van der Waals surface area contributed by atoms with Gasteiger partial charge in [-0.3, -0.25) is 0 Å². The maximum atomic E-state index is 9.45. The highest BCUT2D eigenvalue weighted by Crippen LogP contribution is 2.08. The Morgan fingerprint density at radius 1 is 0.864 bits per heavy atom. The van der Waals surface area contributed by atoms with Crippen molar-refractivity contribution >= 4 is 0 Å². The van der Waals surface area contributed by atoms with Crippen LogP contribution in [-0.4, -0.2) is 96.6 Å². The Labute approximate surface area is 130 Å². The van der Waals surface area contributed by atoms with Gasteiger partial charge in [-0.15, -0.1) is 0 Å². The summed E-state index contributed by atoms with van der Waals surface area (Å²) in [5.74, 6) is 0. The summed E-state index contributed by atoms with van der Waals surface area (Å²) in [6.07, 6.45) is -4.13. The number of aliphatic hydroxyl groups excluding tert-OH is 5. The minimum absolute atomic E-state index is 0.137. The topological polar surface area (TPSA) is 138 Å². The van der Waals surface area contributed by atoms with E-state index in [0.717, 1.165) is 0 Å². The van der Waals surface area contributed by atoms with E-state index < -0.39 is 50.7 Å². The quantitative estimate of drug-likeness (QED) is 0.225. The van der Waals surface area contributed by atoms with Gasteiger partial charge in [-0.25, -0.2) is 0 Å². The fraction of sp³-hybridized carbons (Fsp3) is 1.00. The molecule has 5 atom stereocenters. The van der Waals surface area contributed by atoms with Crippen molar-refractivity contribution in [1.29, 1.82) is 0 Å². The number of methoxy groups -OCH3 is 1. The summed E-state index contributed by atoms with van der Waals surface area (Å²) in [6, 6.07) is 0. The van der Waals surface area contributed by atoms with Crippen molar-refractivity contribution in [2.24, 2.45) is 0 Å². The first kappa shape index (κ1) is 21.6. The highest BCUT2D eigenvalue weighted by atomic mass is 16.7. The minimum Gasteiger partial charge on any atom is -0.394 e. The number of hydrogen-bond donors (Lipinski definition) is 5. The molecule has 9 nitrogen and oxygen atoms in total. The Bertz CT molecular complexity index is 250. The fourth-order valence-electron chi connectivity index (χ4n) is 1.55. The van der Waals surface area contributed by atoms with Crippen LogP contribution in [0.15, 0.2) is 0 Å². The first-order valence-corrected chi connectivity index (χ1v) is 7.12. The second-order valence-electron chi connectivity index (χ2n) is 4.59. The van der Waals surface area contributed by atoms with Crippen LogP contribution in [-0.2, 0) is 18.9 Å². The van der Waals surface area contributed by atoms with E-state index in [1.807, 2.05) is 6.92 Å². The molecular formula is C13H28O9. The lowest BCUT2D eigenvalue weighted by atomic mass is 10.3. The zero-order valence-corrected chi connectivity index (χ0v) is 13.0. The Hall–Kier alpha value is -0.360. The molecule has 0 spiro atoms. The molecule has 5 N–H and O–H groups in total. The number of aliphatic hydroxyl groups is 5. The molecule has 5 unspecified atom stereocenters. The van der Waals surface area contributed by atoms with Crippen molar-refractivity contribution in [3.8, 4) is 0 Å². The molecule has 0 bridgehead atoms. The van der Waals surface area contributed by atoms with Gasteiger partial charge in [-0.1, -0.05) is 6.92 Å². The highest BCUT2D eigenvalue weighted by Gasteiger charge is 2.24. The molecule has 0 aromatic heterocycles. The summed E-state index contributed by atoms with van der Waals surface area (Å²) in [6.45, 7) is 0.0598. The van der Waals surface area contributed by atoms with E-state index in [2.05, 4.69) is 0 Å².